The Labute approximate surface area is 146 Å². The van der Waals surface area contributed by atoms with Crippen LogP contribution in [0.4, 0.5) is 0 Å². The van der Waals surface area contributed by atoms with Crippen LogP contribution in [-0.2, 0) is 9.59 Å². The molecule has 1 saturated heterocycles. The summed E-state index contributed by atoms with van der Waals surface area (Å²) < 4.78 is 0. The maximum Gasteiger partial charge on any atom is 0.313 e. The molecule has 2 heterocycles. The van der Waals surface area contributed by atoms with Crippen LogP contribution in [0.2, 0.25) is 0 Å². The number of fused-ring (bicyclic) bond motifs is 1. The molecular weight excluding hydrogens is 326 g/mol. The summed E-state index contributed by atoms with van der Waals surface area (Å²) in [6, 6.07) is 0.166. The number of nitrogens with zero attached hydrogens (tertiary/aromatic N) is 3. The lowest BCUT2D eigenvalue weighted by Gasteiger charge is -2.39. The van der Waals surface area contributed by atoms with Gasteiger partial charge >= 0.3 is 5.97 Å². The van der Waals surface area contributed by atoms with Crippen molar-refractivity contribution in [2.75, 3.05) is 18.8 Å². The number of hydrogen-bond donors (Lipinski definition) is 1. The summed E-state index contributed by atoms with van der Waals surface area (Å²) >= 11 is 1.28. The van der Waals surface area contributed by atoms with E-state index >= 15 is 0 Å². The number of amidine groups is 1. The molecule has 2 fully saturated rings. The van der Waals surface area contributed by atoms with E-state index in [-0.39, 0.29) is 23.8 Å². The predicted molar refractivity (Wildman–Crippen MR) is 95.9 cm³/mol. The molecule has 0 aromatic rings. The summed E-state index contributed by atoms with van der Waals surface area (Å²) in [5.41, 5.74) is 0. The second kappa shape index (κ2) is 7.68. The van der Waals surface area contributed by atoms with Crippen LogP contribution in [0, 0.1) is 11.8 Å². The molecule has 7 heteroatoms. The molecule has 4 unspecified atom stereocenters. The van der Waals surface area contributed by atoms with Crippen molar-refractivity contribution in [3.8, 4) is 0 Å². The van der Waals surface area contributed by atoms with Crippen molar-refractivity contribution in [3.05, 3.63) is 0 Å². The van der Waals surface area contributed by atoms with Gasteiger partial charge in [-0.2, -0.15) is 0 Å². The van der Waals surface area contributed by atoms with E-state index in [1.807, 2.05) is 0 Å². The van der Waals surface area contributed by atoms with Gasteiger partial charge in [-0.1, -0.05) is 18.7 Å². The molecule has 6 nitrogen and oxygen atoms in total. The molecule has 2 aliphatic heterocycles. The molecule has 0 aromatic carbocycles. The van der Waals surface area contributed by atoms with E-state index in [9.17, 15) is 9.59 Å². The van der Waals surface area contributed by atoms with Crippen molar-refractivity contribution in [1.82, 2.24) is 4.90 Å². The molecule has 1 saturated carbocycles. The van der Waals surface area contributed by atoms with Gasteiger partial charge in [-0.3, -0.25) is 14.8 Å². The monoisotopic (exact) mass is 351 g/mol. The van der Waals surface area contributed by atoms with Crippen molar-refractivity contribution < 1.29 is 14.7 Å². The van der Waals surface area contributed by atoms with Crippen LogP contribution in [0.5, 0.6) is 0 Å². The third kappa shape index (κ3) is 3.99. The predicted octanol–water partition coefficient (Wildman–Crippen LogP) is 2.08. The Morgan fingerprint density at radius 1 is 1.33 bits per heavy atom. The highest BCUT2D eigenvalue weighted by Crippen LogP contribution is 2.32. The minimum atomic E-state index is -0.833. The van der Waals surface area contributed by atoms with Crippen LogP contribution in [0.15, 0.2) is 9.98 Å². The number of aldehydes is 1. The van der Waals surface area contributed by atoms with Crippen LogP contribution >= 0.6 is 11.8 Å². The van der Waals surface area contributed by atoms with Gasteiger partial charge in [0.25, 0.3) is 0 Å². The number of carboxylic acid groups (broad SMARTS) is 1. The molecule has 1 aliphatic carbocycles. The minimum Gasteiger partial charge on any atom is -0.481 e. The fraction of sp³-hybridized carbons (Fsp3) is 0.765. The van der Waals surface area contributed by atoms with Gasteiger partial charge in [-0.15, -0.1) is 0 Å². The fourth-order valence-corrected chi connectivity index (χ4v) is 4.61. The second-order valence-corrected chi connectivity index (χ2v) is 8.07. The van der Waals surface area contributed by atoms with Crippen LogP contribution in [0.25, 0.3) is 0 Å². The number of carbonyl (C=O) groups is 2. The summed E-state index contributed by atoms with van der Waals surface area (Å²) in [6.45, 7) is 4.13. The fourth-order valence-electron chi connectivity index (χ4n) is 3.83. The molecule has 0 spiro atoms. The summed E-state index contributed by atoms with van der Waals surface area (Å²) in [6.07, 6.45) is 5.88. The Morgan fingerprint density at radius 3 is 2.88 bits per heavy atom. The van der Waals surface area contributed by atoms with Gasteiger partial charge in [0.1, 0.15) is 11.3 Å². The van der Waals surface area contributed by atoms with Crippen molar-refractivity contribution in [3.63, 3.8) is 0 Å². The molecule has 0 amide bonds. The number of thioether (sulfide) groups is 1. The van der Waals surface area contributed by atoms with Crippen molar-refractivity contribution >= 4 is 34.9 Å². The summed E-state index contributed by atoms with van der Waals surface area (Å²) in [4.78, 5) is 34.2. The van der Waals surface area contributed by atoms with Gasteiger partial charge in [0.15, 0.2) is 5.84 Å². The highest BCUT2D eigenvalue weighted by Gasteiger charge is 2.36. The molecule has 0 radical (unpaired) electrons. The SMILES string of the molecule is CC1CCCN(C2=NC3CC(C=O)CCC3N=C2SCC(=O)O)C1. The van der Waals surface area contributed by atoms with Gasteiger partial charge in [0.05, 0.1) is 17.8 Å². The Kier molecular flexibility index (Phi) is 5.58. The number of aliphatic carboxylic acids is 1. The minimum absolute atomic E-state index is 0.00952. The third-order valence-corrected chi connectivity index (χ3v) is 6.02. The first kappa shape index (κ1) is 17.5. The number of aliphatic imine (C=N–C) groups is 2. The molecule has 3 aliphatic rings. The second-order valence-electron chi connectivity index (χ2n) is 7.11. The van der Waals surface area contributed by atoms with Crippen molar-refractivity contribution in [2.24, 2.45) is 21.8 Å². The Hall–Kier alpha value is -1.37. The standard InChI is InChI=1S/C17H25N3O3S/c1-11-3-2-6-20(8-11)16-17(24-10-15(22)23)19-13-5-4-12(9-21)7-14(13)18-16/h9,11-14H,2-8,10H2,1H3,(H,22,23). The largest absolute Gasteiger partial charge is 0.481 e. The molecule has 24 heavy (non-hydrogen) atoms. The molecule has 0 aromatic heterocycles. The van der Waals surface area contributed by atoms with Gasteiger partial charge in [-0.25, -0.2) is 0 Å². The zero-order valence-corrected chi connectivity index (χ0v) is 14.9. The number of carboxylic acids is 1. The Morgan fingerprint density at radius 2 is 2.17 bits per heavy atom. The molecule has 0 bridgehead atoms. The average Bonchev–Trinajstić information content (AvgIpc) is 2.58. The molecule has 4 atom stereocenters. The topological polar surface area (TPSA) is 82.3 Å². The highest BCUT2D eigenvalue weighted by molar-refractivity contribution is 8.16. The highest BCUT2D eigenvalue weighted by atomic mass is 32.2. The number of likely N-dealkylation sites (tertiary alicyclic amines) is 1. The molecule has 132 valence electrons. The lowest BCUT2D eigenvalue weighted by atomic mass is 9.83. The van der Waals surface area contributed by atoms with Crippen LogP contribution in [0.1, 0.15) is 39.0 Å². The van der Waals surface area contributed by atoms with E-state index < -0.39 is 5.97 Å². The van der Waals surface area contributed by atoms with Gasteiger partial charge < -0.3 is 14.8 Å². The Balaban J connectivity index is 1.81. The zero-order valence-electron chi connectivity index (χ0n) is 14.1. The summed E-state index contributed by atoms with van der Waals surface area (Å²) in [5, 5.41) is 9.79. The summed E-state index contributed by atoms with van der Waals surface area (Å²) in [5.74, 6) is 0.732. The third-order valence-electron chi connectivity index (χ3n) is 5.07. The first-order valence-corrected chi connectivity index (χ1v) is 9.76. The maximum atomic E-state index is 11.1. The quantitative estimate of drug-likeness (QED) is 0.787. The smallest absolute Gasteiger partial charge is 0.313 e. The number of carbonyl (C=O) groups excluding carboxylic acids is 1. The van der Waals surface area contributed by atoms with E-state index in [0.29, 0.717) is 5.92 Å². The molecule has 1 N–H and O–H groups in total. The van der Waals surface area contributed by atoms with E-state index in [4.69, 9.17) is 15.1 Å². The van der Waals surface area contributed by atoms with E-state index in [1.165, 1.54) is 18.2 Å². The number of rotatable bonds is 3. The normalized spacial score (nSPS) is 33.3. The molecule has 3 rings (SSSR count). The van der Waals surface area contributed by atoms with Crippen LogP contribution < -0.4 is 0 Å². The van der Waals surface area contributed by atoms with Crippen molar-refractivity contribution in [1.29, 1.82) is 0 Å². The number of piperidine rings is 1. The Bertz CT molecular complexity index is 563. The van der Waals surface area contributed by atoms with Gasteiger partial charge in [-0.05, 0) is 38.0 Å². The first-order valence-electron chi connectivity index (χ1n) is 8.77. The zero-order chi connectivity index (χ0) is 17.1. The van der Waals surface area contributed by atoms with Crippen LogP contribution in [0.3, 0.4) is 0 Å². The van der Waals surface area contributed by atoms with E-state index in [0.717, 1.165) is 55.9 Å². The van der Waals surface area contributed by atoms with E-state index in [1.54, 1.807) is 0 Å². The summed E-state index contributed by atoms with van der Waals surface area (Å²) in [7, 11) is 0. The lowest BCUT2D eigenvalue weighted by molar-refractivity contribution is -0.133. The van der Waals surface area contributed by atoms with E-state index in [2.05, 4.69) is 11.8 Å². The average molecular weight is 351 g/mol. The lowest BCUT2D eigenvalue weighted by Crippen LogP contribution is -2.47. The van der Waals surface area contributed by atoms with Crippen molar-refractivity contribution in [2.45, 2.75) is 51.1 Å². The van der Waals surface area contributed by atoms with Gasteiger partial charge in [0, 0.05) is 19.0 Å². The van der Waals surface area contributed by atoms with Crippen LogP contribution in [-0.4, -0.2) is 64.1 Å². The molecular formula is C17H25N3O3S. The van der Waals surface area contributed by atoms with Gasteiger partial charge in [0.2, 0.25) is 0 Å². The number of hydrogen-bond acceptors (Lipinski definition) is 6. The maximum absolute atomic E-state index is 11.1. The first-order chi connectivity index (χ1) is 11.6.